The minimum Gasteiger partial charge on any atom is -0.493 e. The Balaban J connectivity index is 1.85. The van der Waals surface area contributed by atoms with E-state index >= 15 is 0 Å². The lowest BCUT2D eigenvalue weighted by Crippen LogP contribution is -2.31. The highest BCUT2D eigenvalue weighted by Crippen LogP contribution is 2.29. The van der Waals surface area contributed by atoms with Crippen LogP contribution < -0.4 is 14.2 Å². The largest absolute Gasteiger partial charge is 0.493 e. The van der Waals surface area contributed by atoms with Crippen LogP contribution in [0.1, 0.15) is 24.0 Å². The van der Waals surface area contributed by atoms with Gasteiger partial charge in [0.15, 0.2) is 11.5 Å². The number of hydrogen-bond donors (Lipinski definition) is 1. The first kappa shape index (κ1) is 20.7. The van der Waals surface area contributed by atoms with Crippen molar-refractivity contribution in [1.29, 1.82) is 0 Å². The number of hydrogen-bond acceptors (Lipinski definition) is 6. The molecule has 2 aromatic carbocycles. The van der Waals surface area contributed by atoms with Gasteiger partial charge in [0, 0.05) is 24.1 Å². The molecule has 8 nitrogen and oxygen atoms in total. The molecule has 1 heterocycles. The van der Waals surface area contributed by atoms with Crippen LogP contribution in [0, 0.1) is 0 Å². The number of ether oxygens (including phenoxy) is 2. The molecule has 0 radical (unpaired) electrons. The molecule has 29 heavy (non-hydrogen) atoms. The molecular weight excluding hydrogens is 394 g/mol. The van der Waals surface area contributed by atoms with E-state index in [9.17, 15) is 13.2 Å². The Morgan fingerprint density at radius 2 is 1.83 bits per heavy atom. The predicted molar refractivity (Wildman–Crippen MR) is 111 cm³/mol. The second kappa shape index (κ2) is 8.52. The van der Waals surface area contributed by atoms with E-state index < -0.39 is 10.0 Å². The highest BCUT2D eigenvalue weighted by atomic mass is 32.2. The first-order valence-electron chi connectivity index (χ1n) is 8.96. The van der Waals surface area contributed by atoms with Gasteiger partial charge in [0.05, 0.1) is 32.7 Å². The summed E-state index contributed by atoms with van der Waals surface area (Å²) in [6, 6.07) is 12.4. The number of nitrogens with zero attached hydrogens (tertiary/aromatic N) is 2. The number of nitrogens with one attached hydrogen (secondary N) is 1. The van der Waals surface area contributed by atoms with E-state index in [4.69, 9.17) is 9.47 Å². The molecule has 2 aromatic rings. The summed E-state index contributed by atoms with van der Waals surface area (Å²) in [5.41, 5.74) is 2.84. The number of carbonyl (C=O) groups excluding carboxylic acids is 1. The van der Waals surface area contributed by atoms with Crippen molar-refractivity contribution in [3.63, 3.8) is 0 Å². The fourth-order valence-corrected chi connectivity index (χ4v) is 3.62. The average Bonchev–Trinajstić information content (AvgIpc) is 2.68. The first-order valence-corrected chi connectivity index (χ1v) is 10.8. The zero-order valence-corrected chi connectivity index (χ0v) is 17.3. The average molecular weight is 417 g/mol. The summed E-state index contributed by atoms with van der Waals surface area (Å²) >= 11 is 0. The van der Waals surface area contributed by atoms with E-state index in [1.54, 1.807) is 38.5 Å². The lowest BCUT2D eigenvalue weighted by Gasteiger charge is -2.24. The summed E-state index contributed by atoms with van der Waals surface area (Å²) in [5.74, 6) is 1.13. The van der Waals surface area contributed by atoms with Crippen molar-refractivity contribution in [3.8, 4) is 11.5 Å². The van der Waals surface area contributed by atoms with Crippen LogP contribution in [0.25, 0.3) is 0 Å². The minimum absolute atomic E-state index is 0.0873. The second-order valence-electron chi connectivity index (χ2n) is 6.64. The highest BCUT2D eigenvalue weighted by molar-refractivity contribution is 7.92. The number of benzene rings is 2. The van der Waals surface area contributed by atoms with Crippen LogP contribution in [-0.2, 0) is 21.4 Å². The van der Waals surface area contributed by atoms with E-state index in [0.29, 0.717) is 30.0 Å². The topological polar surface area (TPSA) is 97.3 Å². The number of methoxy groups -OCH3 is 2. The van der Waals surface area contributed by atoms with Crippen LogP contribution in [-0.4, -0.2) is 45.5 Å². The molecule has 0 bridgehead atoms. The molecule has 1 amide bonds. The quantitative estimate of drug-likeness (QED) is 0.747. The number of carbonyl (C=O) groups is 1. The van der Waals surface area contributed by atoms with Gasteiger partial charge in [0.1, 0.15) is 0 Å². The van der Waals surface area contributed by atoms with Crippen LogP contribution in [0.2, 0.25) is 0 Å². The molecule has 154 valence electrons. The van der Waals surface area contributed by atoms with Crippen molar-refractivity contribution in [2.75, 3.05) is 25.2 Å². The van der Waals surface area contributed by atoms with Crippen molar-refractivity contribution in [3.05, 3.63) is 53.6 Å². The van der Waals surface area contributed by atoms with Crippen molar-refractivity contribution in [2.45, 2.75) is 19.4 Å². The number of rotatable bonds is 7. The Kier molecular flexibility index (Phi) is 6.07. The maximum atomic E-state index is 12.4. The molecule has 9 heteroatoms. The number of hydrazone groups is 1. The lowest BCUT2D eigenvalue weighted by atomic mass is 10.0. The third kappa shape index (κ3) is 5.26. The maximum absolute atomic E-state index is 12.4. The van der Waals surface area contributed by atoms with Crippen LogP contribution in [0.3, 0.4) is 0 Å². The van der Waals surface area contributed by atoms with Gasteiger partial charge in [-0.3, -0.25) is 9.52 Å². The Hall–Kier alpha value is -3.07. The third-order valence-electron chi connectivity index (χ3n) is 4.38. The smallest absolute Gasteiger partial charge is 0.243 e. The Labute approximate surface area is 170 Å². The van der Waals surface area contributed by atoms with Crippen LogP contribution in [0.5, 0.6) is 11.5 Å². The molecule has 0 aromatic heterocycles. The molecule has 0 saturated carbocycles. The highest BCUT2D eigenvalue weighted by Gasteiger charge is 2.22. The van der Waals surface area contributed by atoms with Gasteiger partial charge in [0.25, 0.3) is 0 Å². The summed E-state index contributed by atoms with van der Waals surface area (Å²) in [6.45, 7) is 0.245. The first-order chi connectivity index (χ1) is 13.8. The molecule has 0 saturated heterocycles. The predicted octanol–water partition coefficient (Wildman–Crippen LogP) is 2.60. The van der Waals surface area contributed by atoms with Crippen molar-refractivity contribution in [2.24, 2.45) is 5.10 Å². The summed E-state index contributed by atoms with van der Waals surface area (Å²) < 4.78 is 35.9. The Morgan fingerprint density at radius 3 is 2.52 bits per heavy atom. The number of sulfonamides is 1. The summed E-state index contributed by atoms with van der Waals surface area (Å²) in [5, 5.41) is 5.94. The molecule has 1 aliphatic rings. The van der Waals surface area contributed by atoms with E-state index in [1.807, 2.05) is 18.2 Å². The van der Waals surface area contributed by atoms with Gasteiger partial charge in [0.2, 0.25) is 15.9 Å². The standard InChI is InChI=1S/C20H23N3O5S/c1-27-18-9-7-15(12-19(18)28-2)17-8-10-20(24)23(21-17)13-14-5-4-6-16(11-14)22-29(3,25)26/h4-7,9,11-12,22H,8,10,13H2,1-3H3. The molecule has 0 unspecified atom stereocenters. The number of amides is 1. The van der Waals surface area contributed by atoms with Crippen molar-refractivity contribution >= 4 is 27.3 Å². The van der Waals surface area contributed by atoms with E-state index in [2.05, 4.69) is 9.82 Å². The number of anilines is 1. The van der Waals surface area contributed by atoms with E-state index in [1.165, 1.54) is 5.01 Å². The lowest BCUT2D eigenvalue weighted by molar-refractivity contribution is -0.132. The molecule has 0 fully saturated rings. The van der Waals surface area contributed by atoms with E-state index in [0.717, 1.165) is 23.1 Å². The molecule has 0 spiro atoms. The molecule has 1 aliphatic heterocycles. The van der Waals surface area contributed by atoms with Gasteiger partial charge in [-0.2, -0.15) is 5.10 Å². The van der Waals surface area contributed by atoms with Crippen LogP contribution in [0.15, 0.2) is 47.6 Å². The maximum Gasteiger partial charge on any atom is 0.243 e. The molecule has 3 rings (SSSR count). The fraction of sp³-hybridized carbons (Fsp3) is 0.300. The minimum atomic E-state index is -3.38. The monoisotopic (exact) mass is 417 g/mol. The van der Waals surface area contributed by atoms with E-state index in [-0.39, 0.29) is 12.5 Å². The molecule has 0 aliphatic carbocycles. The SMILES string of the molecule is COc1ccc(C2=NN(Cc3cccc(NS(C)(=O)=O)c3)C(=O)CC2)cc1OC. The zero-order valence-electron chi connectivity index (χ0n) is 16.5. The summed E-state index contributed by atoms with van der Waals surface area (Å²) in [7, 11) is -0.236. The summed E-state index contributed by atoms with van der Waals surface area (Å²) in [6.07, 6.45) is 1.96. The van der Waals surface area contributed by atoms with Gasteiger partial charge < -0.3 is 9.47 Å². The van der Waals surface area contributed by atoms with Gasteiger partial charge in [-0.1, -0.05) is 12.1 Å². The third-order valence-corrected chi connectivity index (χ3v) is 4.99. The molecule has 1 N–H and O–H groups in total. The van der Waals surface area contributed by atoms with Gasteiger partial charge in [-0.25, -0.2) is 13.4 Å². The van der Waals surface area contributed by atoms with Gasteiger partial charge in [-0.05, 0) is 35.9 Å². The fourth-order valence-electron chi connectivity index (χ4n) is 3.07. The zero-order chi connectivity index (χ0) is 21.0. The van der Waals surface area contributed by atoms with Crippen LogP contribution >= 0.6 is 0 Å². The Morgan fingerprint density at radius 1 is 1.07 bits per heavy atom. The van der Waals surface area contributed by atoms with Gasteiger partial charge in [-0.15, -0.1) is 0 Å². The molecule has 0 atom stereocenters. The van der Waals surface area contributed by atoms with Crippen molar-refractivity contribution < 1.29 is 22.7 Å². The Bertz CT molecular complexity index is 1050. The normalized spacial score (nSPS) is 14.4. The van der Waals surface area contributed by atoms with Gasteiger partial charge >= 0.3 is 0 Å². The second-order valence-corrected chi connectivity index (χ2v) is 8.39. The van der Waals surface area contributed by atoms with Crippen molar-refractivity contribution in [1.82, 2.24) is 5.01 Å². The molecular formula is C20H23N3O5S. The van der Waals surface area contributed by atoms with Crippen LogP contribution in [0.4, 0.5) is 5.69 Å². The summed E-state index contributed by atoms with van der Waals surface area (Å²) in [4.78, 5) is 12.4.